The minimum absolute atomic E-state index is 0.0337. The summed E-state index contributed by atoms with van der Waals surface area (Å²) in [6.45, 7) is 0.477. The lowest BCUT2D eigenvalue weighted by atomic mass is 10.0. The first kappa shape index (κ1) is 6.86. The lowest BCUT2D eigenvalue weighted by Crippen LogP contribution is -2.42. The summed E-state index contributed by atoms with van der Waals surface area (Å²) in [6, 6.07) is 0. The highest BCUT2D eigenvalue weighted by Gasteiger charge is 2.43. The molecule has 58 valence electrons. The van der Waals surface area contributed by atoms with Crippen LogP contribution in [0, 0.1) is 12.3 Å². The predicted octanol–water partition coefficient (Wildman–Crippen LogP) is -0.338. The van der Waals surface area contributed by atoms with Crippen molar-refractivity contribution in [1.29, 1.82) is 0 Å². The monoisotopic (exact) mass is 152 g/mol. The van der Waals surface area contributed by atoms with Crippen molar-refractivity contribution < 1.29 is 14.6 Å². The van der Waals surface area contributed by atoms with Gasteiger partial charge in [0.15, 0.2) is 5.60 Å². The first-order valence-corrected chi connectivity index (χ1v) is 3.41. The van der Waals surface area contributed by atoms with Gasteiger partial charge in [0.25, 0.3) is 0 Å². The van der Waals surface area contributed by atoms with Crippen LogP contribution in [-0.2, 0) is 9.47 Å². The van der Waals surface area contributed by atoms with Gasteiger partial charge in [-0.25, -0.2) is 0 Å². The molecule has 0 aromatic heterocycles. The van der Waals surface area contributed by atoms with Crippen LogP contribution < -0.4 is 0 Å². The van der Waals surface area contributed by atoms with E-state index in [1.807, 2.05) is 0 Å². The highest BCUT2D eigenvalue weighted by molar-refractivity contribution is 5.25. The Labute approximate surface area is 64.6 Å². The van der Waals surface area contributed by atoms with Crippen LogP contribution >= 0.6 is 0 Å². The first-order chi connectivity index (χ1) is 5.24. The molecule has 0 saturated carbocycles. The molecule has 1 N–H and O–H groups in total. The van der Waals surface area contributed by atoms with E-state index in [4.69, 9.17) is 15.9 Å². The van der Waals surface area contributed by atoms with Gasteiger partial charge >= 0.3 is 0 Å². The van der Waals surface area contributed by atoms with Gasteiger partial charge in [-0.2, -0.15) is 0 Å². The summed E-state index contributed by atoms with van der Waals surface area (Å²) in [5.41, 5.74) is -1.37. The predicted molar refractivity (Wildman–Crippen MR) is 37.5 cm³/mol. The summed E-state index contributed by atoms with van der Waals surface area (Å²) in [7, 11) is 0. The average molecular weight is 152 g/mol. The number of aliphatic hydroxyl groups is 1. The molecule has 0 aliphatic carbocycles. The second kappa shape index (κ2) is 2.08. The van der Waals surface area contributed by atoms with E-state index in [0.29, 0.717) is 6.61 Å². The van der Waals surface area contributed by atoms with Crippen LogP contribution in [0.1, 0.15) is 0 Å². The highest BCUT2D eigenvalue weighted by atomic mass is 16.7. The number of rotatable bonds is 0. The maximum absolute atomic E-state index is 9.59. The summed E-state index contributed by atoms with van der Waals surface area (Å²) < 4.78 is 10.3. The summed E-state index contributed by atoms with van der Waals surface area (Å²) >= 11 is 0. The van der Waals surface area contributed by atoms with Crippen LogP contribution in [0.5, 0.6) is 0 Å². The molecular weight excluding hydrogens is 144 g/mol. The van der Waals surface area contributed by atoms with Gasteiger partial charge < -0.3 is 14.6 Å². The Morgan fingerprint density at radius 3 is 3.27 bits per heavy atom. The minimum atomic E-state index is -1.37. The maximum Gasteiger partial charge on any atom is 0.202 e. The first-order valence-electron chi connectivity index (χ1n) is 3.41. The molecule has 2 heterocycles. The van der Waals surface area contributed by atoms with Gasteiger partial charge in [0.2, 0.25) is 6.29 Å². The molecule has 0 spiro atoms. The van der Waals surface area contributed by atoms with E-state index in [1.54, 1.807) is 12.2 Å². The zero-order valence-corrected chi connectivity index (χ0v) is 5.86. The Kier molecular flexibility index (Phi) is 1.30. The van der Waals surface area contributed by atoms with Crippen LogP contribution in [0.25, 0.3) is 0 Å². The SMILES string of the molecule is C#C[C@]1(O)C=C[C@H]2CO[C@H]1O2. The average Bonchev–Trinajstić information content (AvgIpc) is 2.44. The van der Waals surface area contributed by atoms with Crippen molar-refractivity contribution in [3.05, 3.63) is 12.2 Å². The van der Waals surface area contributed by atoms with E-state index in [0.717, 1.165) is 0 Å². The molecule has 1 fully saturated rings. The van der Waals surface area contributed by atoms with E-state index in [-0.39, 0.29) is 6.10 Å². The molecule has 0 aromatic rings. The summed E-state index contributed by atoms with van der Waals surface area (Å²) in [6.07, 6.45) is 7.68. The van der Waals surface area contributed by atoms with E-state index in [9.17, 15) is 5.11 Å². The molecule has 3 heteroatoms. The number of hydrogen-bond acceptors (Lipinski definition) is 3. The minimum Gasteiger partial charge on any atom is -0.370 e. The third-order valence-corrected chi connectivity index (χ3v) is 1.87. The molecule has 2 aliphatic heterocycles. The summed E-state index contributed by atoms with van der Waals surface area (Å²) in [5, 5.41) is 9.59. The van der Waals surface area contributed by atoms with Crippen LogP contribution in [0.4, 0.5) is 0 Å². The van der Waals surface area contributed by atoms with Crippen molar-refractivity contribution >= 4 is 0 Å². The van der Waals surface area contributed by atoms with Gasteiger partial charge in [0.1, 0.15) is 6.10 Å². The molecule has 2 rings (SSSR count). The third-order valence-electron chi connectivity index (χ3n) is 1.87. The quantitative estimate of drug-likeness (QED) is 0.381. The standard InChI is InChI=1S/C8H8O3/c1-2-8(9)4-3-6-5-10-7(8)11-6/h1,3-4,6-7,9H,5H2/t6-,7-,8-/m0/s1. The van der Waals surface area contributed by atoms with Crippen molar-refractivity contribution in [2.45, 2.75) is 18.0 Å². The summed E-state index contributed by atoms with van der Waals surface area (Å²) in [4.78, 5) is 0. The zero-order chi connectivity index (χ0) is 7.90. The topological polar surface area (TPSA) is 38.7 Å². The molecule has 3 nitrogen and oxygen atoms in total. The van der Waals surface area contributed by atoms with Gasteiger partial charge in [0, 0.05) is 0 Å². The Bertz CT molecular complexity index is 240. The van der Waals surface area contributed by atoms with Gasteiger partial charge in [-0.05, 0) is 6.08 Å². The molecule has 11 heavy (non-hydrogen) atoms. The smallest absolute Gasteiger partial charge is 0.202 e. The molecule has 0 aromatic carbocycles. The molecule has 2 bridgehead atoms. The Morgan fingerprint density at radius 2 is 2.55 bits per heavy atom. The second-order valence-electron chi connectivity index (χ2n) is 2.67. The molecule has 2 aliphatic rings. The molecule has 3 atom stereocenters. The van der Waals surface area contributed by atoms with Crippen molar-refractivity contribution in [2.75, 3.05) is 6.61 Å². The Hall–Kier alpha value is -0.820. The molecule has 1 saturated heterocycles. The van der Waals surface area contributed by atoms with Crippen molar-refractivity contribution in [2.24, 2.45) is 0 Å². The molecule has 0 radical (unpaired) electrons. The van der Waals surface area contributed by atoms with Crippen molar-refractivity contribution in [3.63, 3.8) is 0 Å². The maximum atomic E-state index is 9.59. The van der Waals surface area contributed by atoms with Gasteiger partial charge in [-0.3, -0.25) is 0 Å². The third kappa shape index (κ3) is 0.881. The lowest BCUT2D eigenvalue weighted by Gasteiger charge is -2.26. The van der Waals surface area contributed by atoms with Crippen LogP contribution in [0.15, 0.2) is 12.2 Å². The van der Waals surface area contributed by atoms with Crippen LogP contribution in [0.3, 0.4) is 0 Å². The van der Waals surface area contributed by atoms with Crippen molar-refractivity contribution in [1.82, 2.24) is 0 Å². The van der Waals surface area contributed by atoms with Gasteiger partial charge in [0.05, 0.1) is 6.61 Å². The largest absolute Gasteiger partial charge is 0.370 e. The van der Waals surface area contributed by atoms with Crippen LogP contribution in [-0.4, -0.2) is 29.7 Å². The molecular formula is C8H8O3. The fourth-order valence-electron chi connectivity index (χ4n) is 1.20. The van der Waals surface area contributed by atoms with E-state index in [1.165, 1.54) is 0 Å². The summed E-state index contributed by atoms with van der Waals surface area (Å²) in [5.74, 6) is 2.23. The molecule has 0 amide bonds. The van der Waals surface area contributed by atoms with Crippen LogP contribution in [0.2, 0.25) is 0 Å². The van der Waals surface area contributed by atoms with E-state index < -0.39 is 11.9 Å². The van der Waals surface area contributed by atoms with E-state index in [2.05, 4.69) is 5.92 Å². The normalized spacial score (nSPS) is 47.3. The number of hydrogen-bond donors (Lipinski definition) is 1. The number of terminal acetylenes is 1. The van der Waals surface area contributed by atoms with Crippen molar-refractivity contribution in [3.8, 4) is 12.3 Å². The fraction of sp³-hybridized carbons (Fsp3) is 0.500. The molecule has 0 unspecified atom stereocenters. The number of fused-ring (bicyclic) bond motifs is 2. The number of ether oxygens (including phenoxy) is 2. The lowest BCUT2D eigenvalue weighted by molar-refractivity contribution is -0.144. The second-order valence-corrected chi connectivity index (χ2v) is 2.67. The highest BCUT2D eigenvalue weighted by Crippen LogP contribution is 2.28. The van der Waals surface area contributed by atoms with E-state index >= 15 is 0 Å². The fourth-order valence-corrected chi connectivity index (χ4v) is 1.20. The van der Waals surface area contributed by atoms with Gasteiger partial charge in [-0.1, -0.05) is 12.0 Å². The zero-order valence-electron chi connectivity index (χ0n) is 5.86. The Morgan fingerprint density at radius 1 is 1.73 bits per heavy atom. The van der Waals surface area contributed by atoms with Gasteiger partial charge in [-0.15, -0.1) is 6.42 Å². The Balaban J connectivity index is 2.33.